The van der Waals surface area contributed by atoms with Gasteiger partial charge in [0, 0.05) is 95.4 Å². The van der Waals surface area contributed by atoms with Crippen LogP contribution in [0.25, 0.3) is 33.5 Å². The highest BCUT2D eigenvalue weighted by molar-refractivity contribution is 6.05. The number of benzene rings is 3. The molecule has 3 aromatic carbocycles. The van der Waals surface area contributed by atoms with Gasteiger partial charge in [-0.3, -0.25) is 28.0 Å². The number of aromatic nitrogens is 8. The molecule has 0 aliphatic heterocycles. The van der Waals surface area contributed by atoms with Crippen molar-refractivity contribution >= 4 is 64.0 Å². The Morgan fingerprint density at radius 1 is 0.615 bits per heavy atom. The number of fused-ring (bicyclic) bond motifs is 2. The van der Waals surface area contributed by atoms with E-state index >= 15 is 0 Å². The van der Waals surface area contributed by atoms with Gasteiger partial charge in [0.1, 0.15) is 68.6 Å². The molecule has 9 aromatic rings. The standard InChI is InChI=1S/C34H31F3N6O5.C29H28F3N7O4/c1-47-25-10-9-23(26(17-25)48-2)18-40-30-29-28(42-31(43(29)14-13-39-30)21-7-8-22(15-21)33(45)46)19-3-5-20(6-4-19)32(44)41-27-16-24(11-12-38-27)34(35,36)37;1-28(2,27(42)43)38-26(41)18-8-7-17(13-18)24-37-21(22-23(33)35-11-12-39(22)24)15-3-5-16(6-4-15)25(40)36-20-14-19(9-10-34-20)29(30,31)32/h3-6,9-14,16-17,21-22H,7-8,15,18H2,1-2H3,(H,39,40)(H,45,46)(H,38,41,44);3-6,9-12,14,17-18H,7-8,13H2,1-2H3,(H2,33,35)(H,38,41)(H,42,43)(H,34,36,40)/t21-,22+;17-,18+/m00/s1. The lowest BCUT2D eigenvalue weighted by Crippen LogP contribution is -2.51. The predicted molar refractivity (Wildman–Crippen MR) is 320 cm³/mol. The number of aliphatic carboxylic acids is 2. The van der Waals surface area contributed by atoms with E-state index in [2.05, 4.69) is 41.2 Å². The third kappa shape index (κ3) is 14.0. The zero-order valence-electron chi connectivity index (χ0n) is 49.1. The zero-order chi connectivity index (χ0) is 65.1. The average Bonchev–Trinajstić information content (AvgIpc) is 1.62. The minimum atomic E-state index is -4.58. The molecule has 6 aromatic heterocycles. The molecule has 0 unspecified atom stereocenters. The maximum atomic E-state index is 13.1. The summed E-state index contributed by atoms with van der Waals surface area (Å²) in [5.41, 5.74) is 7.78. The summed E-state index contributed by atoms with van der Waals surface area (Å²) in [6.45, 7) is 3.22. The summed E-state index contributed by atoms with van der Waals surface area (Å²) in [4.78, 5) is 88.0. The molecule has 11 rings (SSSR count). The first-order valence-corrected chi connectivity index (χ1v) is 28.4. The van der Waals surface area contributed by atoms with E-state index in [4.69, 9.17) is 25.2 Å². The van der Waals surface area contributed by atoms with Gasteiger partial charge in [-0.2, -0.15) is 26.3 Å². The number of hydrogen-bond acceptors (Lipinski definition) is 15. The van der Waals surface area contributed by atoms with Crippen LogP contribution in [0.5, 0.6) is 11.5 Å². The fraction of sp³-hybridized carbons (Fsp3) is 0.286. The average molecular weight is 1260 g/mol. The van der Waals surface area contributed by atoms with E-state index in [1.807, 2.05) is 20.9 Å². The number of pyridine rings is 2. The molecule has 8 N–H and O–H groups in total. The number of anilines is 4. The van der Waals surface area contributed by atoms with Crippen molar-refractivity contribution in [1.82, 2.24) is 44.0 Å². The molecule has 0 spiro atoms. The number of nitrogens with zero attached hydrogens (tertiary/aromatic N) is 8. The van der Waals surface area contributed by atoms with Crippen LogP contribution in [-0.2, 0) is 33.3 Å². The molecule has 28 heteroatoms. The highest BCUT2D eigenvalue weighted by atomic mass is 19.4. The van der Waals surface area contributed by atoms with Gasteiger partial charge >= 0.3 is 24.3 Å². The van der Waals surface area contributed by atoms with Crippen LogP contribution in [-0.4, -0.2) is 98.3 Å². The number of nitrogens with one attached hydrogen (secondary N) is 4. The van der Waals surface area contributed by atoms with Crippen LogP contribution >= 0.6 is 0 Å². The van der Waals surface area contributed by atoms with E-state index in [9.17, 15) is 60.5 Å². The van der Waals surface area contributed by atoms with Crippen LogP contribution in [0.2, 0.25) is 0 Å². The minimum Gasteiger partial charge on any atom is -0.497 e. The third-order valence-corrected chi connectivity index (χ3v) is 15.9. The zero-order valence-corrected chi connectivity index (χ0v) is 49.1. The van der Waals surface area contributed by atoms with E-state index in [1.165, 1.54) is 26.0 Å². The number of rotatable bonds is 17. The van der Waals surface area contributed by atoms with Crippen molar-refractivity contribution in [3.8, 4) is 34.0 Å². The van der Waals surface area contributed by atoms with Gasteiger partial charge in [-0.15, -0.1) is 0 Å². The first kappa shape index (κ1) is 63.4. The topological polar surface area (TPSA) is 305 Å². The van der Waals surface area contributed by atoms with E-state index in [1.54, 1.807) is 81.5 Å². The Balaban J connectivity index is 0.000000201. The van der Waals surface area contributed by atoms with Gasteiger partial charge in [0.05, 0.1) is 31.3 Å². The largest absolute Gasteiger partial charge is 0.497 e. The highest BCUT2D eigenvalue weighted by Crippen LogP contribution is 2.43. The molecule has 4 atom stereocenters. The van der Waals surface area contributed by atoms with Gasteiger partial charge in [0.15, 0.2) is 5.82 Å². The molecule has 91 heavy (non-hydrogen) atoms. The Hall–Kier alpha value is -10.7. The number of carbonyl (C=O) groups excluding carboxylic acids is 3. The number of alkyl halides is 6. The number of carbonyl (C=O) groups is 5. The molecule has 0 radical (unpaired) electrons. The summed E-state index contributed by atoms with van der Waals surface area (Å²) in [7, 11) is 3.15. The lowest BCUT2D eigenvalue weighted by molar-refractivity contribution is -0.146. The van der Waals surface area contributed by atoms with Crippen molar-refractivity contribution in [2.75, 3.05) is 35.9 Å². The molecule has 2 aliphatic rings. The molecule has 472 valence electrons. The predicted octanol–water partition coefficient (Wildman–Crippen LogP) is 11.2. The molecule has 6 heterocycles. The number of nitrogens with two attached hydrogens (primary N) is 1. The third-order valence-electron chi connectivity index (χ3n) is 15.9. The number of ether oxygens (including phenoxy) is 2. The Kier molecular flexibility index (Phi) is 18.0. The molecule has 0 saturated heterocycles. The van der Waals surface area contributed by atoms with E-state index in [0.717, 1.165) is 42.2 Å². The fourth-order valence-corrected chi connectivity index (χ4v) is 11.1. The Morgan fingerprint density at radius 2 is 1.12 bits per heavy atom. The normalized spacial score (nSPS) is 16.6. The van der Waals surface area contributed by atoms with Crippen LogP contribution in [0.1, 0.15) is 113 Å². The van der Waals surface area contributed by atoms with Gasteiger partial charge in [-0.1, -0.05) is 24.3 Å². The summed E-state index contributed by atoms with van der Waals surface area (Å²) < 4.78 is 93.0. The van der Waals surface area contributed by atoms with Crippen LogP contribution in [0.3, 0.4) is 0 Å². The number of halogens is 6. The van der Waals surface area contributed by atoms with E-state index < -0.39 is 58.7 Å². The van der Waals surface area contributed by atoms with Crippen LogP contribution < -0.4 is 36.5 Å². The number of hydrogen-bond donors (Lipinski definition) is 7. The van der Waals surface area contributed by atoms with E-state index in [-0.39, 0.29) is 52.2 Å². The lowest BCUT2D eigenvalue weighted by Gasteiger charge is -2.23. The lowest BCUT2D eigenvalue weighted by atomic mass is 10.0. The van der Waals surface area contributed by atoms with Crippen LogP contribution in [0.15, 0.2) is 128 Å². The van der Waals surface area contributed by atoms with Gasteiger partial charge in [-0.05, 0) is 113 Å². The number of methoxy groups -OCH3 is 2. The van der Waals surface area contributed by atoms with Crippen molar-refractivity contribution in [2.24, 2.45) is 11.8 Å². The number of nitrogen functional groups attached to an aromatic ring is 1. The van der Waals surface area contributed by atoms with Gasteiger partial charge in [0.25, 0.3) is 11.8 Å². The summed E-state index contributed by atoms with van der Waals surface area (Å²) in [5, 5.41) is 29.8. The molecule has 2 fully saturated rings. The van der Waals surface area contributed by atoms with Crippen molar-refractivity contribution in [2.45, 2.75) is 88.6 Å². The summed E-state index contributed by atoms with van der Waals surface area (Å²) in [6.07, 6.45) is 2.83. The molecule has 3 amide bonds. The van der Waals surface area contributed by atoms with Crippen LogP contribution in [0.4, 0.5) is 49.6 Å². The van der Waals surface area contributed by atoms with Crippen molar-refractivity contribution in [3.05, 3.63) is 168 Å². The van der Waals surface area contributed by atoms with Crippen molar-refractivity contribution in [3.63, 3.8) is 0 Å². The summed E-state index contributed by atoms with van der Waals surface area (Å²) >= 11 is 0. The smallest absolute Gasteiger partial charge is 0.416 e. The SMILES string of the molecule is CC(C)(NC(=O)[C@@H]1CC[C@H](c2nc(-c3ccc(C(=O)Nc4cc(C(F)(F)F)ccn4)cc3)c3c(N)nccn23)C1)C(=O)O.COc1ccc(CNc2nccn3c([C@H]4CC[C@@H](C(=O)O)C4)nc(-c4ccc(C(=O)Nc5cc(C(F)(F)F)ccn5)cc4)c23)c(OC)c1. The Morgan fingerprint density at radius 3 is 1.62 bits per heavy atom. The first-order chi connectivity index (χ1) is 43.3. The Labute approximate surface area is 514 Å². The Bertz CT molecular complexity index is 4230. The molecule has 22 nitrogen and oxygen atoms in total. The quantitative estimate of drug-likeness (QED) is 0.0417. The molecule has 2 saturated carbocycles. The van der Waals surface area contributed by atoms with Gasteiger partial charge in [0.2, 0.25) is 5.91 Å². The van der Waals surface area contributed by atoms with Crippen molar-refractivity contribution in [1.29, 1.82) is 0 Å². The number of carboxylic acid groups (broad SMARTS) is 2. The maximum Gasteiger partial charge on any atom is 0.416 e. The second-order valence-electron chi connectivity index (χ2n) is 22.3. The van der Waals surface area contributed by atoms with Gasteiger partial charge in [-0.25, -0.2) is 34.7 Å². The highest BCUT2D eigenvalue weighted by Gasteiger charge is 2.39. The second kappa shape index (κ2) is 25.8. The fourth-order valence-electron chi connectivity index (χ4n) is 11.1. The summed E-state index contributed by atoms with van der Waals surface area (Å²) in [6, 6.07) is 21.5. The van der Waals surface area contributed by atoms with Crippen LogP contribution in [0, 0.1) is 11.8 Å². The number of amides is 3. The maximum absolute atomic E-state index is 13.1. The van der Waals surface area contributed by atoms with Gasteiger partial charge < -0.3 is 46.7 Å². The molecular formula is C63H59F6N13O9. The number of carboxylic acids is 2. The molecular weight excluding hydrogens is 1200 g/mol. The first-order valence-electron chi connectivity index (χ1n) is 28.4. The molecule has 2 aliphatic carbocycles. The second-order valence-corrected chi connectivity index (χ2v) is 22.3. The van der Waals surface area contributed by atoms with Crippen molar-refractivity contribution < 1.29 is 70.0 Å². The summed E-state index contributed by atoms with van der Waals surface area (Å²) in [5.74, 6) is -1.68. The monoisotopic (exact) mass is 1260 g/mol. The molecule has 0 bridgehead atoms. The number of imidazole rings is 2. The van der Waals surface area contributed by atoms with E-state index in [0.29, 0.717) is 108 Å². The minimum absolute atomic E-state index is 0.103.